The summed E-state index contributed by atoms with van der Waals surface area (Å²) in [6.45, 7) is 5.02. The van der Waals surface area contributed by atoms with Gasteiger partial charge in [0.05, 0.1) is 0 Å². The fraction of sp³-hybridized carbons (Fsp3) is 0.238. The minimum Gasteiger partial charge on any atom is -0.323 e. The number of benzene rings is 2. The molecule has 1 amide bonds. The van der Waals surface area contributed by atoms with Gasteiger partial charge in [-0.05, 0) is 19.4 Å². The van der Waals surface area contributed by atoms with Crippen LogP contribution in [0.4, 0.5) is 4.79 Å². The molecule has 3 aromatic rings. The highest BCUT2D eigenvalue weighted by molar-refractivity contribution is 8.00. The van der Waals surface area contributed by atoms with Crippen LogP contribution in [0.3, 0.4) is 0 Å². The number of rotatable bonds is 7. The highest BCUT2D eigenvalue weighted by atomic mass is 32.2. The van der Waals surface area contributed by atoms with E-state index in [4.69, 9.17) is 0 Å². The topological polar surface area (TPSA) is 68.1 Å². The van der Waals surface area contributed by atoms with Crippen LogP contribution >= 0.6 is 11.8 Å². The highest BCUT2D eigenvalue weighted by Gasteiger charge is 2.25. The summed E-state index contributed by atoms with van der Waals surface area (Å²) in [5, 5.41) is 4.18. The molecule has 0 fully saturated rings. The number of carbonyl (C=O) groups excluding carboxylic acids is 2. The van der Waals surface area contributed by atoms with Crippen LogP contribution in [-0.2, 0) is 0 Å². The van der Waals surface area contributed by atoms with Crippen molar-refractivity contribution in [3.63, 3.8) is 0 Å². The minimum atomic E-state index is -0.497. The van der Waals surface area contributed by atoms with Crippen LogP contribution in [0.15, 0.2) is 72.1 Å². The molecule has 1 heterocycles. The number of carbonyl (C=O) groups is 2. The van der Waals surface area contributed by atoms with Crippen molar-refractivity contribution in [2.75, 3.05) is 13.1 Å². The Kier molecular flexibility index (Phi) is 6.60. The van der Waals surface area contributed by atoms with Gasteiger partial charge in [-0.15, -0.1) is 5.10 Å². The third-order valence-electron chi connectivity index (χ3n) is 4.32. The molecule has 1 unspecified atom stereocenters. The van der Waals surface area contributed by atoms with Crippen LogP contribution in [-0.4, -0.2) is 44.6 Å². The molecule has 144 valence electrons. The number of aromatic nitrogens is 3. The monoisotopic (exact) mass is 394 g/mol. The average molecular weight is 395 g/mol. The van der Waals surface area contributed by atoms with E-state index in [0.717, 1.165) is 5.56 Å². The summed E-state index contributed by atoms with van der Waals surface area (Å²) < 4.78 is 1.23. The van der Waals surface area contributed by atoms with E-state index in [1.807, 2.05) is 62.4 Å². The second-order valence-corrected chi connectivity index (χ2v) is 7.14. The molecule has 0 radical (unpaired) electrons. The standard InChI is InChI=1S/C21H22N4O2S/c1-3-24(4-2)21(27)25-15-22-20(23-25)28-19(17-13-9-6-10-14-17)18(26)16-11-7-5-8-12-16/h5-15,19H,3-4H2,1-2H3. The zero-order chi connectivity index (χ0) is 19.9. The molecule has 2 aromatic carbocycles. The first kappa shape index (κ1) is 19.8. The van der Waals surface area contributed by atoms with Gasteiger partial charge in [-0.25, -0.2) is 9.78 Å². The lowest BCUT2D eigenvalue weighted by molar-refractivity contribution is 0.0989. The number of amides is 1. The second-order valence-electron chi connectivity index (χ2n) is 6.07. The van der Waals surface area contributed by atoms with Crippen molar-refractivity contribution in [3.05, 3.63) is 78.1 Å². The van der Waals surface area contributed by atoms with Crippen molar-refractivity contribution in [2.45, 2.75) is 24.3 Å². The van der Waals surface area contributed by atoms with Gasteiger partial charge in [0.2, 0.25) is 5.16 Å². The summed E-state index contributed by atoms with van der Waals surface area (Å²) in [4.78, 5) is 31.5. The Bertz CT molecular complexity index is 924. The SMILES string of the molecule is CCN(CC)C(=O)n1cnc(SC(C(=O)c2ccccc2)c2ccccc2)n1. The Morgan fingerprint density at radius 1 is 1.00 bits per heavy atom. The summed E-state index contributed by atoms with van der Waals surface area (Å²) in [6, 6.07) is 18.5. The molecule has 0 spiro atoms. The van der Waals surface area contributed by atoms with Crippen molar-refractivity contribution in [2.24, 2.45) is 0 Å². The van der Waals surface area contributed by atoms with E-state index >= 15 is 0 Å². The van der Waals surface area contributed by atoms with E-state index in [2.05, 4.69) is 10.1 Å². The predicted octanol–water partition coefficient (Wildman–Crippen LogP) is 4.30. The van der Waals surface area contributed by atoms with Crippen molar-refractivity contribution >= 4 is 23.6 Å². The number of thioether (sulfide) groups is 1. The number of nitrogens with zero attached hydrogens (tertiary/aromatic N) is 4. The third kappa shape index (κ3) is 4.48. The van der Waals surface area contributed by atoms with Gasteiger partial charge < -0.3 is 4.90 Å². The van der Waals surface area contributed by atoms with Crippen LogP contribution in [0.2, 0.25) is 0 Å². The Hall–Kier alpha value is -2.93. The van der Waals surface area contributed by atoms with Crippen molar-refractivity contribution in [1.29, 1.82) is 0 Å². The van der Waals surface area contributed by atoms with Crippen LogP contribution in [0.5, 0.6) is 0 Å². The van der Waals surface area contributed by atoms with Gasteiger partial charge in [0.25, 0.3) is 0 Å². The summed E-state index contributed by atoms with van der Waals surface area (Å²) in [5.74, 6) is -0.0248. The van der Waals surface area contributed by atoms with E-state index in [9.17, 15) is 9.59 Å². The smallest absolute Gasteiger partial charge is 0.323 e. The predicted molar refractivity (Wildman–Crippen MR) is 110 cm³/mol. The first-order chi connectivity index (χ1) is 13.6. The third-order valence-corrected chi connectivity index (χ3v) is 5.44. The van der Waals surface area contributed by atoms with E-state index in [1.54, 1.807) is 17.0 Å². The summed E-state index contributed by atoms with van der Waals surface area (Å²) in [7, 11) is 0. The van der Waals surface area contributed by atoms with Crippen LogP contribution in [0.25, 0.3) is 0 Å². The van der Waals surface area contributed by atoms with Gasteiger partial charge in [0, 0.05) is 18.7 Å². The molecule has 0 saturated heterocycles. The molecule has 0 N–H and O–H groups in total. The first-order valence-electron chi connectivity index (χ1n) is 9.15. The molecule has 0 aliphatic rings. The maximum absolute atomic E-state index is 13.1. The van der Waals surface area contributed by atoms with Gasteiger partial charge in [0.1, 0.15) is 11.6 Å². The van der Waals surface area contributed by atoms with E-state index in [0.29, 0.717) is 23.8 Å². The Morgan fingerprint density at radius 3 is 2.21 bits per heavy atom. The fourth-order valence-electron chi connectivity index (χ4n) is 2.79. The molecule has 1 aromatic heterocycles. The number of Topliss-reactive ketones (excluding diaryl/α,β-unsaturated/α-hetero) is 1. The van der Waals surface area contributed by atoms with Crippen molar-refractivity contribution < 1.29 is 9.59 Å². The molecular weight excluding hydrogens is 372 g/mol. The van der Waals surface area contributed by atoms with Crippen LogP contribution < -0.4 is 0 Å². The van der Waals surface area contributed by atoms with Crippen LogP contribution in [0, 0.1) is 0 Å². The number of ketones is 1. The zero-order valence-corrected chi connectivity index (χ0v) is 16.7. The van der Waals surface area contributed by atoms with Gasteiger partial charge >= 0.3 is 6.03 Å². The molecule has 28 heavy (non-hydrogen) atoms. The minimum absolute atomic E-state index is 0.0248. The Morgan fingerprint density at radius 2 is 1.61 bits per heavy atom. The highest BCUT2D eigenvalue weighted by Crippen LogP contribution is 2.36. The van der Waals surface area contributed by atoms with Crippen LogP contribution in [0.1, 0.15) is 35.0 Å². The second kappa shape index (κ2) is 9.32. The number of hydrogen-bond donors (Lipinski definition) is 0. The first-order valence-corrected chi connectivity index (χ1v) is 10.0. The lowest BCUT2D eigenvalue weighted by Gasteiger charge is -2.17. The van der Waals surface area contributed by atoms with E-state index < -0.39 is 5.25 Å². The van der Waals surface area contributed by atoms with E-state index in [1.165, 1.54) is 22.8 Å². The largest absolute Gasteiger partial charge is 0.346 e. The van der Waals surface area contributed by atoms with Crippen molar-refractivity contribution in [3.8, 4) is 0 Å². The zero-order valence-electron chi connectivity index (χ0n) is 15.9. The molecule has 0 bridgehead atoms. The molecule has 0 saturated carbocycles. The molecular formula is C21H22N4O2S. The number of hydrogen-bond acceptors (Lipinski definition) is 5. The maximum atomic E-state index is 13.1. The summed E-state index contributed by atoms with van der Waals surface area (Å²) >= 11 is 1.25. The average Bonchev–Trinajstić information content (AvgIpc) is 3.22. The molecule has 7 heteroatoms. The fourth-order valence-corrected chi connectivity index (χ4v) is 3.78. The molecule has 1 atom stereocenters. The van der Waals surface area contributed by atoms with Crippen molar-refractivity contribution in [1.82, 2.24) is 19.7 Å². The van der Waals surface area contributed by atoms with E-state index in [-0.39, 0.29) is 11.8 Å². The van der Waals surface area contributed by atoms with Gasteiger partial charge in [0.15, 0.2) is 5.78 Å². The Balaban J connectivity index is 1.87. The molecule has 0 aliphatic heterocycles. The molecule has 3 rings (SSSR count). The van der Waals surface area contributed by atoms with Gasteiger partial charge in [-0.2, -0.15) is 4.68 Å². The molecule has 0 aliphatic carbocycles. The lowest BCUT2D eigenvalue weighted by Crippen LogP contribution is -2.34. The maximum Gasteiger partial charge on any atom is 0.346 e. The lowest BCUT2D eigenvalue weighted by atomic mass is 10.0. The summed E-state index contributed by atoms with van der Waals surface area (Å²) in [6.07, 6.45) is 1.40. The Labute approximate surface area is 168 Å². The molecule has 6 nitrogen and oxygen atoms in total. The quantitative estimate of drug-likeness (QED) is 0.441. The van der Waals surface area contributed by atoms with Gasteiger partial charge in [-0.3, -0.25) is 4.79 Å². The van der Waals surface area contributed by atoms with Gasteiger partial charge in [-0.1, -0.05) is 72.4 Å². The summed E-state index contributed by atoms with van der Waals surface area (Å²) in [5.41, 5.74) is 1.50. The normalized spacial score (nSPS) is 11.8.